The molecule has 2 atom stereocenters. The second-order valence-corrected chi connectivity index (χ2v) is 4.78. The topological polar surface area (TPSA) is 41.6 Å². The van der Waals surface area contributed by atoms with E-state index in [2.05, 4.69) is 5.32 Å². The minimum atomic E-state index is -2.35. The normalized spacial score (nSPS) is 28.1. The van der Waals surface area contributed by atoms with Gasteiger partial charge >= 0.3 is 5.97 Å². The van der Waals surface area contributed by atoms with Gasteiger partial charge in [-0.3, -0.25) is 9.69 Å². The number of esters is 1. The number of likely N-dealkylation sites (N-methyl/N-ethyl adjacent to an activating group) is 1. The van der Waals surface area contributed by atoms with Crippen LogP contribution >= 0.6 is 0 Å². The molecule has 0 heterocycles. The summed E-state index contributed by atoms with van der Waals surface area (Å²) in [6.45, 7) is 1.84. The van der Waals surface area contributed by atoms with Gasteiger partial charge in [-0.15, -0.1) is 0 Å². The Bertz CT molecular complexity index is 289. The molecular formula is C12H22F2N2O2. The number of alkyl halides is 2. The first-order valence-electron chi connectivity index (χ1n) is 6.29. The van der Waals surface area contributed by atoms with Crippen molar-refractivity contribution in [3.8, 4) is 0 Å². The standard InChI is InChI=1S/C12H22F2N2O2/c1-4-18-11(17)12(15-2)6-5-9(7-12)16(3)8-10(13)14/h9-10,15H,4-8H2,1-3H3. The molecule has 1 saturated carbocycles. The number of halogens is 2. The lowest BCUT2D eigenvalue weighted by Gasteiger charge is -2.28. The van der Waals surface area contributed by atoms with Gasteiger partial charge in [0, 0.05) is 6.04 Å². The molecule has 0 spiro atoms. The van der Waals surface area contributed by atoms with Crippen LogP contribution in [0.15, 0.2) is 0 Å². The van der Waals surface area contributed by atoms with E-state index in [1.165, 1.54) is 0 Å². The van der Waals surface area contributed by atoms with Gasteiger partial charge in [-0.25, -0.2) is 8.78 Å². The summed E-state index contributed by atoms with van der Waals surface area (Å²) in [5, 5.41) is 3.01. The Hall–Kier alpha value is -0.750. The Morgan fingerprint density at radius 3 is 2.78 bits per heavy atom. The molecule has 0 bridgehead atoms. The van der Waals surface area contributed by atoms with Crippen molar-refractivity contribution in [3.05, 3.63) is 0 Å². The van der Waals surface area contributed by atoms with Crippen molar-refractivity contribution in [1.82, 2.24) is 10.2 Å². The van der Waals surface area contributed by atoms with E-state index in [9.17, 15) is 13.6 Å². The van der Waals surface area contributed by atoms with Gasteiger partial charge in [-0.05, 0) is 40.3 Å². The molecule has 0 amide bonds. The molecule has 0 radical (unpaired) electrons. The third-order valence-electron chi connectivity index (χ3n) is 3.68. The first-order chi connectivity index (χ1) is 8.45. The zero-order valence-electron chi connectivity index (χ0n) is 11.2. The molecule has 1 aliphatic rings. The molecule has 1 aliphatic carbocycles. The van der Waals surface area contributed by atoms with Crippen LogP contribution in [0.2, 0.25) is 0 Å². The highest BCUT2D eigenvalue weighted by molar-refractivity contribution is 5.81. The quantitative estimate of drug-likeness (QED) is 0.733. The van der Waals surface area contributed by atoms with Gasteiger partial charge in [-0.1, -0.05) is 0 Å². The number of nitrogens with one attached hydrogen (secondary N) is 1. The fraction of sp³-hybridized carbons (Fsp3) is 0.917. The van der Waals surface area contributed by atoms with Crippen LogP contribution in [-0.2, 0) is 9.53 Å². The Balaban J connectivity index is 2.63. The van der Waals surface area contributed by atoms with Crippen molar-refractivity contribution < 1.29 is 18.3 Å². The maximum absolute atomic E-state index is 12.3. The monoisotopic (exact) mass is 264 g/mol. The van der Waals surface area contributed by atoms with E-state index in [0.29, 0.717) is 19.4 Å². The number of ether oxygens (including phenoxy) is 1. The van der Waals surface area contributed by atoms with Crippen molar-refractivity contribution in [2.24, 2.45) is 0 Å². The number of rotatable bonds is 6. The van der Waals surface area contributed by atoms with Crippen LogP contribution in [-0.4, -0.2) is 56.1 Å². The van der Waals surface area contributed by atoms with E-state index in [0.717, 1.165) is 6.42 Å². The minimum absolute atomic E-state index is 0.00384. The molecule has 18 heavy (non-hydrogen) atoms. The molecule has 2 unspecified atom stereocenters. The first kappa shape index (κ1) is 15.3. The van der Waals surface area contributed by atoms with Crippen molar-refractivity contribution in [1.29, 1.82) is 0 Å². The van der Waals surface area contributed by atoms with Crippen molar-refractivity contribution in [2.75, 3.05) is 27.2 Å². The third kappa shape index (κ3) is 3.38. The van der Waals surface area contributed by atoms with E-state index in [1.807, 2.05) is 0 Å². The Morgan fingerprint density at radius 2 is 2.28 bits per heavy atom. The maximum atomic E-state index is 12.3. The average molecular weight is 264 g/mol. The second-order valence-electron chi connectivity index (χ2n) is 4.78. The van der Waals surface area contributed by atoms with Gasteiger partial charge < -0.3 is 10.1 Å². The van der Waals surface area contributed by atoms with Crippen LogP contribution in [0.1, 0.15) is 26.2 Å². The largest absolute Gasteiger partial charge is 0.465 e. The highest BCUT2D eigenvalue weighted by Gasteiger charge is 2.46. The molecule has 0 aromatic rings. The van der Waals surface area contributed by atoms with Crippen LogP contribution in [0.25, 0.3) is 0 Å². The van der Waals surface area contributed by atoms with Gasteiger partial charge in [0.25, 0.3) is 6.43 Å². The summed E-state index contributed by atoms with van der Waals surface area (Å²) in [4.78, 5) is 13.6. The summed E-state index contributed by atoms with van der Waals surface area (Å²) in [7, 11) is 3.39. The zero-order chi connectivity index (χ0) is 13.8. The Labute approximate surface area is 107 Å². The first-order valence-corrected chi connectivity index (χ1v) is 6.29. The van der Waals surface area contributed by atoms with Crippen molar-refractivity contribution in [3.63, 3.8) is 0 Å². The lowest BCUT2D eigenvalue weighted by molar-refractivity contribution is -0.151. The molecule has 0 aromatic heterocycles. The van der Waals surface area contributed by atoms with Crippen molar-refractivity contribution in [2.45, 2.75) is 44.2 Å². The fourth-order valence-electron chi connectivity index (χ4n) is 2.55. The molecule has 0 aliphatic heterocycles. The number of carbonyl (C=O) groups excluding carboxylic acids is 1. The van der Waals surface area contributed by atoms with Gasteiger partial charge in [0.15, 0.2) is 0 Å². The average Bonchev–Trinajstić information content (AvgIpc) is 2.74. The minimum Gasteiger partial charge on any atom is -0.465 e. The molecule has 0 aromatic carbocycles. The Kier molecular flexibility index (Phi) is 5.47. The Morgan fingerprint density at radius 1 is 1.61 bits per heavy atom. The summed E-state index contributed by atoms with van der Waals surface area (Å²) in [5.41, 5.74) is -0.711. The molecule has 0 saturated heterocycles. The molecule has 106 valence electrons. The fourth-order valence-corrected chi connectivity index (χ4v) is 2.55. The summed E-state index contributed by atoms with van der Waals surface area (Å²) in [6.07, 6.45) is -0.475. The van der Waals surface area contributed by atoms with E-state index >= 15 is 0 Å². The summed E-state index contributed by atoms with van der Waals surface area (Å²) in [6, 6.07) is -0.00384. The number of hydrogen-bond donors (Lipinski definition) is 1. The van der Waals surface area contributed by atoms with Crippen LogP contribution in [0.3, 0.4) is 0 Å². The molecular weight excluding hydrogens is 242 g/mol. The molecule has 6 heteroatoms. The van der Waals surface area contributed by atoms with Crippen molar-refractivity contribution >= 4 is 5.97 Å². The van der Waals surface area contributed by atoms with E-state index in [1.54, 1.807) is 25.9 Å². The highest BCUT2D eigenvalue weighted by atomic mass is 19.3. The van der Waals surface area contributed by atoms with Gasteiger partial charge in [0.1, 0.15) is 5.54 Å². The number of hydrogen-bond acceptors (Lipinski definition) is 4. The van der Waals surface area contributed by atoms with Crippen LogP contribution in [0, 0.1) is 0 Å². The van der Waals surface area contributed by atoms with Gasteiger partial charge in [0.2, 0.25) is 0 Å². The van der Waals surface area contributed by atoms with Crippen LogP contribution in [0.5, 0.6) is 0 Å². The van der Waals surface area contributed by atoms with Gasteiger partial charge in [-0.2, -0.15) is 0 Å². The summed E-state index contributed by atoms with van der Waals surface area (Å²) >= 11 is 0. The maximum Gasteiger partial charge on any atom is 0.326 e. The smallest absolute Gasteiger partial charge is 0.326 e. The van der Waals surface area contributed by atoms with E-state index in [-0.39, 0.29) is 18.6 Å². The third-order valence-corrected chi connectivity index (χ3v) is 3.68. The predicted octanol–water partition coefficient (Wildman–Crippen LogP) is 1.26. The van der Waals surface area contributed by atoms with Crippen LogP contribution in [0.4, 0.5) is 8.78 Å². The zero-order valence-corrected chi connectivity index (χ0v) is 11.2. The second kappa shape index (κ2) is 6.43. The lowest BCUT2D eigenvalue weighted by atomic mass is 9.97. The lowest BCUT2D eigenvalue weighted by Crippen LogP contribution is -2.50. The molecule has 1 rings (SSSR count). The molecule has 1 fully saturated rings. The van der Waals surface area contributed by atoms with E-state index in [4.69, 9.17) is 4.74 Å². The van der Waals surface area contributed by atoms with Gasteiger partial charge in [0.05, 0.1) is 13.2 Å². The summed E-state index contributed by atoms with van der Waals surface area (Å²) in [5.74, 6) is -0.277. The predicted molar refractivity (Wildman–Crippen MR) is 64.7 cm³/mol. The summed E-state index contributed by atoms with van der Waals surface area (Å²) < 4.78 is 29.7. The SMILES string of the molecule is CCOC(=O)C1(NC)CCC(N(C)CC(F)F)C1. The van der Waals surface area contributed by atoms with Crippen LogP contribution < -0.4 is 5.32 Å². The highest BCUT2D eigenvalue weighted by Crippen LogP contribution is 2.33. The number of nitrogens with zero attached hydrogens (tertiary/aromatic N) is 1. The molecule has 1 N–H and O–H groups in total. The number of carbonyl (C=O) groups is 1. The van der Waals surface area contributed by atoms with E-state index < -0.39 is 12.0 Å². The molecule has 4 nitrogen and oxygen atoms in total.